The van der Waals surface area contributed by atoms with Gasteiger partial charge in [0, 0.05) is 13.6 Å². The Balaban J connectivity index is 1.72. The van der Waals surface area contributed by atoms with Crippen LogP contribution in [0.25, 0.3) is 0 Å². The Labute approximate surface area is 143 Å². The fourth-order valence-corrected chi connectivity index (χ4v) is 4.69. The second-order valence-electron chi connectivity index (χ2n) is 6.52. The van der Waals surface area contributed by atoms with Crippen LogP contribution in [0.3, 0.4) is 0 Å². The molecule has 1 aromatic rings. The molecule has 1 aromatic carbocycles. The van der Waals surface area contributed by atoms with Crippen LogP contribution in [0.1, 0.15) is 31.4 Å². The van der Waals surface area contributed by atoms with Gasteiger partial charge in [-0.15, -0.1) is 0 Å². The van der Waals surface area contributed by atoms with Gasteiger partial charge >= 0.3 is 6.03 Å². The van der Waals surface area contributed by atoms with Crippen LogP contribution in [0.5, 0.6) is 0 Å². The van der Waals surface area contributed by atoms with E-state index in [1.165, 1.54) is 29.9 Å². The molecule has 2 fully saturated rings. The highest BCUT2D eigenvalue weighted by molar-refractivity contribution is 7.99. The summed E-state index contributed by atoms with van der Waals surface area (Å²) in [5.41, 5.74) is 1.22. The number of carbonyl (C=O) groups is 1. The predicted molar refractivity (Wildman–Crippen MR) is 97.7 cm³/mol. The van der Waals surface area contributed by atoms with Crippen LogP contribution >= 0.6 is 11.8 Å². The molecule has 3 nitrogen and oxygen atoms in total. The molecule has 0 radical (unpaired) electrons. The van der Waals surface area contributed by atoms with Gasteiger partial charge in [0.1, 0.15) is 0 Å². The average Bonchev–Trinajstić information content (AvgIpc) is 2.81. The number of rotatable bonds is 4. The zero-order valence-electron chi connectivity index (χ0n) is 14.0. The molecule has 2 amide bonds. The van der Waals surface area contributed by atoms with Crippen LogP contribution in [0.15, 0.2) is 42.5 Å². The zero-order valence-corrected chi connectivity index (χ0v) is 14.8. The Morgan fingerprint density at radius 2 is 1.91 bits per heavy atom. The molecule has 0 spiro atoms. The Bertz CT molecular complexity index is 554. The van der Waals surface area contributed by atoms with Crippen molar-refractivity contribution in [1.82, 2.24) is 9.80 Å². The lowest BCUT2D eigenvalue weighted by molar-refractivity contribution is 0.195. The molecular weight excluding hydrogens is 304 g/mol. The molecule has 4 heteroatoms. The van der Waals surface area contributed by atoms with Crippen molar-refractivity contribution in [2.45, 2.75) is 31.8 Å². The summed E-state index contributed by atoms with van der Waals surface area (Å²) in [6, 6.07) is 10.9. The number of hydrogen-bond donors (Lipinski definition) is 0. The molecule has 2 saturated heterocycles. The minimum atomic E-state index is 0.134. The highest BCUT2D eigenvalue weighted by Crippen LogP contribution is 2.34. The van der Waals surface area contributed by atoms with Crippen molar-refractivity contribution in [2.75, 3.05) is 25.1 Å². The molecule has 0 N–H and O–H groups in total. The molecule has 0 aromatic heterocycles. The van der Waals surface area contributed by atoms with Crippen molar-refractivity contribution in [3.8, 4) is 0 Å². The first-order valence-corrected chi connectivity index (χ1v) is 9.66. The van der Waals surface area contributed by atoms with Gasteiger partial charge < -0.3 is 9.80 Å². The van der Waals surface area contributed by atoms with E-state index in [9.17, 15) is 4.79 Å². The maximum Gasteiger partial charge on any atom is 0.320 e. The van der Waals surface area contributed by atoms with Gasteiger partial charge in [0.2, 0.25) is 0 Å². The molecule has 2 aliphatic heterocycles. The van der Waals surface area contributed by atoms with Gasteiger partial charge in [-0.05, 0) is 42.8 Å². The van der Waals surface area contributed by atoms with Crippen LogP contribution in [-0.4, -0.2) is 47.0 Å². The summed E-state index contributed by atoms with van der Waals surface area (Å²) in [5.74, 6) is 3.23. The van der Waals surface area contributed by atoms with Gasteiger partial charge in [-0.3, -0.25) is 0 Å². The summed E-state index contributed by atoms with van der Waals surface area (Å²) in [7, 11) is 1.91. The van der Waals surface area contributed by atoms with E-state index in [0.717, 1.165) is 0 Å². The number of thioether (sulfide) groups is 1. The molecule has 0 aliphatic carbocycles. The van der Waals surface area contributed by atoms with E-state index >= 15 is 0 Å². The Kier molecular flexibility index (Phi) is 5.31. The van der Waals surface area contributed by atoms with Crippen molar-refractivity contribution in [3.05, 3.63) is 48.0 Å². The topological polar surface area (TPSA) is 23.6 Å². The van der Waals surface area contributed by atoms with Crippen molar-refractivity contribution >= 4 is 17.8 Å². The summed E-state index contributed by atoms with van der Waals surface area (Å²) in [5, 5.41) is 0. The number of likely N-dealkylation sites (N-methyl/N-ethyl adjacent to an activating group) is 1. The molecule has 2 aliphatic rings. The molecule has 23 heavy (non-hydrogen) atoms. The van der Waals surface area contributed by atoms with E-state index in [-0.39, 0.29) is 18.1 Å². The number of urea groups is 1. The maximum absolute atomic E-state index is 12.6. The molecule has 0 saturated carbocycles. The highest BCUT2D eigenvalue weighted by atomic mass is 32.2. The van der Waals surface area contributed by atoms with E-state index < -0.39 is 0 Å². The van der Waals surface area contributed by atoms with Gasteiger partial charge in [0.15, 0.2) is 0 Å². The molecule has 0 bridgehead atoms. The molecule has 124 valence electrons. The maximum atomic E-state index is 12.6. The first-order valence-electron chi connectivity index (χ1n) is 8.51. The molecule has 2 atom stereocenters. The van der Waals surface area contributed by atoms with Gasteiger partial charge in [-0.2, -0.15) is 11.8 Å². The van der Waals surface area contributed by atoms with Crippen LogP contribution < -0.4 is 0 Å². The van der Waals surface area contributed by atoms with Crippen molar-refractivity contribution in [1.29, 1.82) is 0 Å². The molecule has 0 unspecified atom stereocenters. The summed E-state index contributed by atoms with van der Waals surface area (Å²) in [6.07, 6.45) is 7.08. The second-order valence-corrected chi connectivity index (χ2v) is 7.74. The Hall–Kier alpha value is -1.42. The largest absolute Gasteiger partial charge is 0.323 e. The normalized spacial score (nSPS) is 26.4. The van der Waals surface area contributed by atoms with Gasteiger partial charge in [0.05, 0.1) is 12.1 Å². The second kappa shape index (κ2) is 7.43. The number of nitrogens with zero attached hydrogens (tertiary/aromatic N) is 2. The smallest absolute Gasteiger partial charge is 0.320 e. The van der Waals surface area contributed by atoms with Gasteiger partial charge in [-0.25, -0.2) is 4.79 Å². The summed E-state index contributed by atoms with van der Waals surface area (Å²) >= 11 is 2.05. The number of benzene rings is 1. The average molecular weight is 330 g/mol. The van der Waals surface area contributed by atoms with Crippen LogP contribution in [0.4, 0.5) is 4.79 Å². The lowest BCUT2D eigenvalue weighted by atomic mass is 10.00. The zero-order chi connectivity index (χ0) is 16.2. The molecule has 3 rings (SSSR count). The molecular formula is C19H26N2OS. The lowest BCUT2D eigenvalue weighted by Gasteiger charge is -2.25. The number of amides is 2. The lowest BCUT2D eigenvalue weighted by Crippen LogP contribution is -2.31. The van der Waals surface area contributed by atoms with Crippen LogP contribution in [-0.2, 0) is 0 Å². The molecule has 2 heterocycles. The predicted octanol–water partition coefficient (Wildman–Crippen LogP) is 4.18. The minimum absolute atomic E-state index is 0.134. The summed E-state index contributed by atoms with van der Waals surface area (Å²) in [4.78, 5) is 16.5. The third-order valence-electron chi connectivity index (χ3n) is 5.07. The van der Waals surface area contributed by atoms with E-state index in [4.69, 9.17) is 0 Å². The highest BCUT2D eigenvalue weighted by Gasteiger charge is 2.41. The van der Waals surface area contributed by atoms with Crippen molar-refractivity contribution < 1.29 is 4.79 Å². The summed E-state index contributed by atoms with van der Waals surface area (Å²) < 4.78 is 0. The monoisotopic (exact) mass is 330 g/mol. The van der Waals surface area contributed by atoms with Crippen molar-refractivity contribution in [2.24, 2.45) is 5.92 Å². The van der Waals surface area contributed by atoms with E-state index in [1.807, 2.05) is 22.9 Å². The van der Waals surface area contributed by atoms with Crippen LogP contribution in [0, 0.1) is 5.92 Å². The van der Waals surface area contributed by atoms with Gasteiger partial charge in [-0.1, -0.05) is 42.5 Å². The summed E-state index contributed by atoms with van der Waals surface area (Å²) in [6.45, 7) is 2.84. The number of allylic oxidation sites excluding steroid dienone is 1. The van der Waals surface area contributed by atoms with E-state index in [1.54, 1.807) is 0 Å². The first-order chi connectivity index (χ1) is 11.2. The quantitative estimate of drug-likeness (QED) is 0.773. The van der Waals surface area contributed by atoms with E-state index in [2.05, 4.69) is 55.1 Å². The third-order valence-corrected chi connectivity index (χ3v) is 6.12. The minimum Gasteiger partial charge on any atom is -0.323 e. The Morgan fingerprint density at radius 1 is 1.22 bits per heavy atom. The van der Waals surface area contributed by atoms with E-state index in [0.29, 0.717) is 12.5 Å². The number of hydrogen-bond acceptors (Lipinski definition) is 2. The Morgan fingerprint density at radius 3 is 2.61 bits per heavy atom. The first kappa shape index (κ1) is 16.4. The van der Waals surface area contributed by atoms with Gasteiger partial charge in [0.25, 0.3) is 0 Å². The fraction of sp³-hybridized carbons (Fsp3) is 0.526. The standard InChI is InChI=1S/C19H26N2OS/c1-15-18(17-8-4-3-5-9-17)21(19(22)20(15)2)12-6-7-16-10-13-23-14-11-16/h3-9,15-16,18H,10-14H2,1-2H3/b7-6+/t15-,18-/m0/s1. The van der Waals surface area contributed by atoms with Crippen molar-refractivity contribution in [3.63, 3.8) is 0 Å². The fourth-order valence-electron chi connectivity index (χ4n) is 3.54. The van der Waals surface area contributed by atoms with Crippen LogP contribution in [0.2, 0.25) is 0 Å². The number of carbonyl (C=O) groups excluding carboxylic acids is 1. The SMILES string of the molecule is C[C@H]1[C@@H](c2ccccc2)N(C/C=C/C2CCSCC2)C(=O)N1C. The third kappa shape index (κ3) is 3.57.